The van der Waals surface area contributed by atoms with Crippen LogP contribution < -0.4 is 0 Å². The summed E-state index contributed by atoms with van der Waals surface area (Å²) in [6.45, 7) is 5.09. The fourth-order valence-electron chi connectivity index (χ4n) is 2.46. The first-order valence-corrected chi connectivity index (χ1v) is 7.95. The molecular formula is C14H20BrN3O2. The van der Waals surface area contributed by atoms with Gasteiger partial charge in [0.1, 0.15) is 0 Å². The Morgan fingerprint density at radius 3 is 2.25 bits per heavy atom. The molecule has 0 aromatic carbocycles. The van der Waals surface area contributed by atoms with E-state index in [9.17, 15) is 9.59 Å². The standard InChI is InChI=1S/C14H20BrN3O2/c1-3-10-14(15)11(18(4-2)16-10)9-17-12(19)7-5-6-8-13(17)20/h3-9H2,1-2H3. The molecule has 2 heterocycles. The third-order valence-electron chi connectivity index (χ3n) is 3.64. The van der Waals surface area contributed by atoms with Gasteiger partial charge >= 0.3 is 0 Å². The van der Waals surface area contributed by atoms with Crippen molar-refractivity contribution in [3.8, 4) is 0 Å². The minimum Gasteiger partial charge on any atom is -0.277 e. The van der Waals surface area contributed by atoms with Crippen molar-refractivity contribution in [3.05, 3.63) is 15.9 Å². The summed E-state index contributed by atoms with van der Waals surface area (Å²) < 4.78 is 2.79. The van der Waals surface area contributed by atoms with Gasteiger partial charge in [0.2, 0.25) is 11.8 Å². The molecule has 2 amide bonds. The fourth-order valence-corrected chi connectivity index (χ4v) is 3.15. The van der Waals surface area contributed by atoms with E-state index in [2.05, 4.69) is 21.0 Å². The van der Waals surface area contributed by atoms with Crippen LogP contribution in [0.3, 0.4) is 0 Å². The summed E-state index contributed by atoms with van der Waals surface area (Å²) in [5.41, 5.74) is 1.88. The minimum absolute atomic E-state index is 0.0682. The molecule has 0 atom stereocenters. The van der Waals surface area contributed by atoms with Gasteiger partial charge in [-0.05, 0) is 42.1 Å². The van der Waals surface area contributed by atoms with Crippen LogP contribution in [0.1, 0.15) is 50.9 Å². The van der Waals surface area contributed by atoms with E-state index in [1.165, 1.54) is 4.90 Å². The lowest BCUT2D eigenvalue weighted by atomic mass is 10.2. The molecule has 0 aliphatic carbocycles. The lowest BCUT2D eigenvalue weighted by Gasteiger charge is -2.19. The van der Waals surface area contributed by atoms with E-state index in [1.54, 1.807) is 0 Å². The summed E-state index contributed by atoms with van der Waals surface area (Å²) in [7, 11) is 0. The average molecular weight is 342 g/mol. The van der Waals surface area contributed by atoms with Crippen molar-refractivity contribution in [2.24, 2.45) is 0 Å². The van der Waals surface area contributed by atoms with Gasteiger partial charge in [-0.2, -0.15) is 5.10 Å². The van der Waals surface area contributed by atoms with E-state index in [0.717, 1.165) is 41.7 Å². The van der Waals surface area contributed by atoms with Crippen molar-refractivity contribution in [3.63, 3.8) is 0 Å². The highest BCUT2D eigenvalue weighted by molar-refractivity contribution is 9.10. The van der Waals surface area contributed by atoms with Gasteiger partial charge in [-0.1, -0.05) is 6.92 Å². The maximum atomic E-state index is 12.1. The monoisotopic (exact) mass is 341 g/mol. The lowest BCUT2D eigenvalue weighted by Crippen LogP contribution is -2.35. The molecule has 5 nitrogen and oxygen atoms in total. The quantitative estimate of drug-likeness (QED) is 0.791. The van der Waals surface area contributed by atoms with Crippen LogP contribution in [0.15, 0.2) is 4.47 Å². The van der Waals surface area contributed by atoms with Crippen LogP contribution in [-0.4, -0.2) is 26.5 Å². The van der Waals surface area contributed by atoms with E-state index < -0.39 is 0 Å². The van der Waals surface area contributed by atoms with E-state index in [0.29, 0.717) is 19.4 Å². The zero-order valence-electron chi connectivity index (χ0n) is 12.0. The molecule has 1 fully saturated rings. The van der Waals surface area contributed by atoms with Gasteiger partial charge < -0.3 is 0 Å². The first-order valence-electron chi connectivity index (χ1n) is 7.15. The van der Waals surface area contributed by atoms with Gasteiger partial charge in [0.05, 0.1) is 22.4 Å². The van der Waals surface area contributed by atoms with E-state index in [1.807, 2.05) is 18.5 Å². The van der Waals surface area contributed by atoms with Gasteiger partial charge in [-0.3, -0.25) is 19.2 Å². The van der Waals surface area contributed by atoms with Crippen molar-refractivity contribution in [2.75, 3.05) is 0 Å². The largest absolute Gasteiger partial charge is 0.277 e. The molecule has 0 N–H and O–H groups in total. The van der Waals surface area contributed by atoms with Gasteiger partial charge in [0.25, 0.3) is 0 Å². The topological polar surface area (TPSA) is 55.2 Å². The molecular weight excluding hydrogens is 322 g/mol. The van der Waals surface area contributed by atoms with Gasteiger partial charge in [-0.25, -0.2) is 0 Å². The first kappa shape index (κ1) is 15.2. The van der Waals surface area contributed by atoms with Crippen molar-refractivity contribution in [1.29, 1.82) is 0 Å². The van der Waals surface area contributed by atoms with Crippen LogP contribution >= 0.6 is 15.9 Å². The second-order valence-corrected chi connectivity index (χ2v) is 5.75. The number of carbonyl (C=O) groups excluding carboxylic acids is 2. The summed E-state index contributed by atoms with van der Waals surface area (Å²) in [5.74, 6) is -0.136. The molecule has 1 aromatic rings. The third kappa shape index (κ3) is 2.95. The number of imide groups is 1. The van der Waals surface area contributed by atoms with Crippen LogP contribution in [0.5, 0.6) is 0 Å². The molecule has 20 heavy (non-hydrogen) atoms. The second-order valence-electron chi connectivity index (χ2n) is 4.96. The number of nitrogens with zero attached hydrogens (tertiary/aromatic N) is 3. The molecule has 2 rings (SSSR count). The van der Waals surface area contributed by atoms with Crippen molar-refractivity contribution >= 4 is 27.7 Å². The number of carbonyl (C=O) groups is 2. The predicted molar refractivity (Wildman–Crippen MR) is 79.0 cm³/mol. The Balaban J connectivity index is 2.30. The number of hydrogen-bond acceptors (Lipinski definition) is 3. The number of amides is 2. The van der Waals surface area contributed by atoms with Crippen molar-refractivity contribution < 1.29 is 9.59 Å². The average Bonchev–Trinajstić information content (AvgIpc) is 2.66. The number of hydrogen-bond donors (Lipinski definition) is 0. The summed E-state index contributed by atoms with van der Waals surface area (Å²) in [5, 5.41) is 4.51. The Morgan fingerprint density at radius 2 is 1.75 bits per heavy atom. The van der Waals surface area contributed by atoms with Gasteiger partial charge in [-0.15, -0.1) is 0 Å². The molecule has 1 aliphatic rings. The van der Waals surface area contributed by atoms with Gasteiger partial charge in [0, 0.05) is 19.4 Å². The Morgan fingerprint density at radius 1 is 1.15 bits per heavy atom. The highest BCUT2D eigenvalue weighted by atomic mass is 79.9. The zero-order chi connectivity index (χ0) is 14.7. The van der Waals surface area contributed by atoms with Gasteiger partial charge in [0.15, 0.2) is 0 Å². The van der Waals surface area contributed by atoms with Crippen molar-refractivity contribution in [1.82, 2.24) is 14.7 Å². The third-order valence-corrected chi connectivity index (χ3v) is 4.55. The Hall–Kier alpha value is -1.17. The van der Waals surface area contributed by atoms with Crippen LogP contribution in [-0.2, 0) is 29.1 Å². The Kier molecular flexibility index (Phi) is 4.96. The van der Waals surface area contributed by atoms with Crippen LogP contribution in [0.25, 0.3) is 0 Å². The van der Waals surface area contributed by atoms with Crippen molar-refractivity contribution in [2.45, 2.75) is 59.0 Å². The maximum absolute atomic E-state index is 12.1. The zero-order valence-corrected chi connectivity index (χ0v) is 13.6. The number of halogens is 1. The number of likely N-dealkylation sites (tertiary alicyclic amines) is 1. The Labute approximate surface area is 127 Å². The van der Waals surface area contributed by atoms with E-state index >= 15 is 0 Å². The molecule has 0 radical (unpaired) electrons. The molecule has 0 spiro atoms. The number of rotatable bonds is 4. The molecule has 0 bridgehead atoms. The smallest absolute Gasteiger partial charge is 0.229 e. The molecule has 0 unspecified atom stereocenters. The van der Waals surface area contributed by atoms with E-state index in [-0.39, 0.29) is 11.8 Å². The number of aromatic nitrogens is 2. The molecule has 1 aromatic heterocycles. The summed E-state index contributed by atoms with van der Waals surface area (Å²) in [4.78, 5) is 25.5. The predicted octanol–water partition coefficient (Wildman–Crippen LogP) is 2.66. The SMILES string of the molecule is CCc1nn(CC)c(CN2C(=O)CCCCC2=O)c1Br. The maximum Gasteiger partial charge on any atom is 0.229 e. The van der Waals surface area contributed by atoms with Crippen LogP contribution in [0, 0.1) is 0 Å². The normalized spacial score (nSPS) is 16.6. The van der Waals surface area contributed by atoms with Crippen LogP contribution in [0.4, 0.5) is 0 Å². The fraction of sp³-hybridized carbons (Fsp3) is 0.643. The number of aryl methyl sites for hydroxylation is 2. The lowest BCUT2D eigenvalue weighted by molar-refractivity contribution is -0.144. The second kappa shape index (κ2) is 6.52. The molecule has 1 aliphatic heterocycles. The first-order chi connectivity index (χ1) is 9.58. The summed E-state index contributed by atoms with van der Waals surface area (Å²) >= 11 is 3.56. The molecule has 0 saturated carbocycles. The molecule has 1 saturated heterocycles. The van der Waals surface area contributed by atoms with E-state index in [4.69, 9.17) is 0 Å². The summed E-state index contributed by atoms with van der Waals surface area (Å²) in [6.07, 6.45) is 3.35. The minimum atomic E-state index is -0.0682. The summed E-state index contributed by atoms with van der Waals surface area (Å²) in [6, 6.07) is 0. The molecule has 110 valence electrons. The highest BCUT2D eigenvalue weighted by Crippen LogP contribution is 2.25. The van der Waals surface area contributed by atoms with Crippen LogP contribution in [0.2, 0.25) is 0 Å². The Bertz CT molecular complexity index is 507. The highest BCUT2D eigenvalue weighted by Gasteiger charge is 2.27. The molecule has 6 heteroatoms.